The maximum absolute atomic E-state index is 12.1. The van der Waals surface area contributed by atoms with E-state index in [0.29, 0.717) is 24.6 Å². The van der Waals surface area contributed by atoms with E-state index in [1.54, 1.807) is 30.2 Å². The van der Waals surface area contributed by atoms with Gasteiger partial charge in [0.05, 0.1) is 6.10 Å². The zero-order valence-electron chi connectivity index (χ0n) is 9.72. The van der Waals surface area contributed by atoms with E-state index in [9.17, 15) is 4.79 Å². The molecule has 0 spiro atoms. The van der Waals surface area contributed by atoms with Crippen molar-refractivity contribution in [2.75, 3.05) is 25.6 Å². The van der Waals surface area contributed by atoms with Crippen LogP contribution < -0.4 is 11.3 Å². The summed E-state index contributed by atoms with van der Waals surface area (Å²) in [6.45, 7) is 1.33. The average Bonchev–Trinajstić information content (AvgIpc) is 2.86. The van der Waals surface area contributed by atoms with Crippen molar-refractivity contribution < 1.29 is 9.53 Å². The number of nitrogens with zero attached hydrogens (tertiary/aromatic N) is 2. The predicted molar refractivity (Wildman–Crippen MR) is 63.4 cm³/mol. The number of ether oxygens (including phenoxy) is 1. The van der Waals surface area contributed by atoms with Crippen LogP contribution in [0.1, 0.15) is 16.9 Å². The summed E-state index contributed by atoms with van der Waals surface area (Å²) in [6, 6.07) is 5.14. The van der Waals surface area contributed by atoms with Crippen molar-refractivity contribution in [2.24, 2.45) is 5.84 Å². The molecule has 17 heavy (non-hydrogen) atoms. The number of amides is 1. The van der Waals surface area contributed by atoms with Crippen LogP contribution in [0.15, 0.2) is 18.2 Å². The molecule has 0 bridgehead atoms. The second-order valence-corrected chi connectivity index (χ2v) is 3.95. The zero-order chi connectivity index (χ0) is 12.3. The lowest BCUT2D eigenvalue weighted by atomic mass is 10.3. The summed E-state index contributed by atoms with van der Waals surface area (Å²) < 4.78 is 5.23. The van der Waals surface area contributed by atoms with Crippen molar-refractivity contribution in [3.8, 4) is 0 Å². The molecule has 0 radical (unpaired) electrons. The van der Waals surface area contributed by atoms with Crippen molar-refractivity contribution in [3.05, 3.63) is 23.9 Å². The van der Waals surface area contributed by atoms with Crippen molar-refractivity contribution in [3.63, 3.8) is 0 Å². The lowest BCUT2D eigenvalue weighted by Crippen LogP contribution is -2.30. The maximum atomic E-state index is 12.1. The monoisotopic (exact) mass is 236 g/mol. The average molecular weight is 236 g/mol. The van der Waals surface area contributed by atoms with Crippen LogP contribution in [-0.4, -0.2) is 42.1 Å². The first-order valence-electron chi connectivity index (χ1n) is 5.50. The van der Waals surface area contributed by atoms with E-state index < -0.39 is 0 Å². The molecule has 1 aliphatic heterocycles. The van der Waals surface area contributed by atoms with Gasteiger partial charge in [0.1, 0.15) is 11.5 Å². The van der Waals surface area contributed by atoms with Gasteiger partial charge in [-0.3, -0.25) is 4.79 Å². The number of nitrogens with two attached hydrogens (primary N) is 1. The molecule has 0 aromatic carbocycles. The molecular formula is C11H16N4O2. The first kappa shape index (κ1) is 11.8. The summed E-state index contributed by atoms with van der Waals surface area (Å²) >= 11 is 0. The highest BCUT2D eigenvalue weighted by Crippen LogP contribution is 2.15. The van der Waals surface area contributed by atoms with Crippen LogP contribution in [0.5, 0.6) is 0 Å². The van der Waals surface area contributed by atoms with Gasteiger partial charge in [0.15, 0.2) is 0 Å². The number of nitrogen functional groups attached to an aromatic ring is 1. The second-order valence-electron chi connectivity index (χ2n) is 3.95. The fourth-order valence-corrected chi connectivity index (χ4v) is 1.90. The molecule has 1 unspecified atom stereocenters. The number of nitrogens with one attached hydrogen (secondary N) is 1. The van der Waals surface area contributed by atoms with Gasteiger partial charge >= 0.3 is 0 Å². The van der Waals surface area contributed by atoms with Gasteiger partial charge in [-0.1, -0.05) is 6.07 Å². The highest BCUT2D eigenvalue weighted by Gasteiger charge is 2.27. The number of hydrazine groups is 1. The largest absolute Gasteiger partial charge is 0.380 e. The first-order valence-corrected chi connectivity index (χ1v) is 5.50. The minimum atomic E-state index is -0.0818. The van der Waals surface area contributed by atoms with E-state index in [-0.39, 0.29) is 12.0 Å². The van der Waals surface area contributed by atoms with E-state index in [1.807, 2.05) is 0 Å². The molecule has 6 heteroatoms. The van der Waals surface area contributed by atoms with Crippen LogP contribution in [0.2, 0.25) is 0 Å². The number of carbonyl (C=O) groups is 1. The molecule has 3 N–H and O–H groups in total. The van der Waals surface area contributed by atoms with Gasteiger partial charge in [0, 0.05) is 20.2 Å². The number of aromatic nitrogens is 1. The third kappa shape index (κ3) is 2.54. The minimum absolute atomic E-state index is 0.0818. The van der Waals surface area contributed by atoms with Crippen LogP contribution >= 0.6 is 0 Å². The van der Waals surface area contributed by atoms with Crippen LogP contribution in [0, 0.1) is 0 Å². The van der Waals surface area contributed by atoms with Crippen molar-refractivity contribution >= 4 is 11.7 Å². The number of methoxy groups -OCH3 is 1. The Labute approximate surface area is 99.7 Å². The summed E-state index contributed by atoms with van der Waals surface area (Å²) in [7, 11) is 1.66. The Morgan fingerprint density at radius 1 is 1.65 bits per heavy atom. The number of pyridine rings is 1. The molecule has 1 saturated heterocycles. The van der Waals surface area contributed by atoms with Gasteiger partial charge in [0.2, 0.25) is 0 Å². The molecule has 1 atom stereocenters. The third-order valence-electron chi connectivity index (χ3n) is 2.88. The Morgan fingerprint density at radius 2 is 2.47 bits per heavy atom. The van der Waals surface area contributed by atoms with Crippen LogP contribution in [0.25, 0.3) is 0 Å². The van der Waals surface area contributed by atoms with Crippen LogP contribution in [0.4, 0.5) is 5.82 Å². The molecule has 2 rings (SSSR count). The molecule has 0 aliphatic carbocycles. The van der Waals surface area contributed by atoms with Gasteiger partial charge in [-0.25, -0.2) is 10.8 Å². The SMILES string of the molecule is COC1CCN(C(=O)c2cccc(NN)n2)C1. The lowest BCUT2D eigenvalue weighted by Gasteiger charge is -2.15. The Hall–Kier alpha value is -1.66. The lowest BCUT2D eigenvalue weighted by molar-refractivity contribution is 0.0719. The Balaban J connectivity index is 2.09. The van der Waals surface area contributed by atoms with Gasteiger partial charge in [-0.05, 0) is 18.6 Å². The molecule has 2 heterocycles. The molecule has 1 aliphatic rings. The third-order valence-corrected chi connectivity index (χ3v) is 2.88. The number of rotatable bonds is 3. The van der Waals surface area contributed by atoms with Crippen molar-refractivity contribution in [2.45, 2.75) is 12.5 Å². The van der Waals surface area contributed by atoms with Crippen LogP contribution in [0.3, 0.4) is 0 Å². The van der Waals surface area contributed by atoms with Crippen molar-refractivity contribution in [1.29, 1.82) is 0 Å². The van der Waals surface area contributed by atoms with E-state index in [4.69, 9.17) is 10.6 Å². The highest BCUT2D eigenvalue weighted by molar-refractivity contribution is 5.92. The summed E-state index contributed by atoms with van der Waals surface area (Å²) in [5.41, 5.74) is 2.83. The number of hydrogen-bond donors (Lipinski definition) is 2. The molecule has 1 fully saturated rings. The molecule has 0 saturated carbocycles. The second kappa shape index (κ2) is 5.11. The van der Waals surface area contributed by atoms with Gasteiger partial charge in [-0.15, -0.1) is 0 Å². The van der Waals surface area contributed by atoms with E-state index in [0.717, 1.165) is 6.42 Å². The number of likely N-dealkylation sites (tertiary alicyclic amines) is 1. The summed E-state index contributed by atoms with van der Waals surface area (Å²) in [5.74, 6) is 5.66. The predicted octanol–water partition coefficient (Wildman–Crippen LogP) is 0.228. The molecule has 92 valence electrons. The maximum Gasteiger partial charge on any atom is 0.272 e. The molecule has 1 aromatic rings. The standard InChI is InChI=1S/C11H16N4O2/c1-17-8-5-6-15(7-8)11(16)9-3-2-4-10(13-9)14-12/h2-4,8H,5-7,12H2,1H3,(H,13,14). The Morgan fingerprint density at radius 3 is 3.12 bits per heavy atom. The zero-order valence-corrected chi connectivity index (χ0v) is 9.72. The molecule has 6 nitrogen and oxygen atoms in total. The first-order chi connectivity index (χ1) is 8.24. The smallest absolute Gasteiger partial charge is 0.272 e. The normalized spacial score (nSPS) is 19.4. The number of anilines is 1. The molecule has 1 amide bonds. The van der Waals surface area contributed by atoms with E-state index >= 15 is 0 Å². The molecular weight excluding hydrogens is 220 g/mol. The Bertz CT molecular complexity index is 410. The minimum Gasteiger partial charge on any atom is -0.380 e. The summed E-state index contributed by atoms with van der Waals surface area (Å²) in [6.07, 6.45) is 1.01. The topological polar surface area (TPSA) is 80.5 Å². The fraction of sp³-hybridized carbons (Fsp3) is 0.455. The quantitative estimate of drug-likeness (QED) is 0.580. The Kier molecular flexibility index (Phi) is 3.55. The number of carbonyl (C=O) groups excluding carboxylic acids is 1. The van der Waals surface area contributed by atoms with Gasteiger partial charge in [0.25, 0.3) is 5.91 Å². The van der Waals surface area contributed by atoms with Crippen LogP contribution in [-0.2, 0) is 4.74 Å². The molecule has 1 aromatic heterocycles. The van der Waals surface area contributed by atoms with Crippen molar-refractivity contribution in [1.82, 2.24) is 9.88 Å². The van der Waals surface area contributed by atoms with Gasteiger partial charge < -0.3 is 15.1 Å². The summed E-state index contributed by atoms with van der Waals surface area (Å²) in [5, 5.41) is 0. The van der Waals surface area contributed by atoms with E-state index in [1.165, 1.54) is 0 Å². The summed E-state index contributed by atoms with van der Waals surface area (Å²) in [4.78, 5) is 18.0. The van der Waals surface area contributed by atoms with E-state index in [2.05, 4.69) is 10.4 Å². The van der Waals surface area contributed by atoms with Gasteiger partial charge in [-0.2, -0.15) is 0 Å². The number of hydrogen-bond acceptors (Lipinski definition) is 5. The highest BCUT2D eigenvalue weighted by atomic mass is 16.5. The fourth-order valence-electron chi connectivity index (χ4n) is 1.90.